The van der Waals surface area contributed by atoms with E-state index in [2.05, 4.69) is 41.0 Å². The standard InChI is InChI=1S/C24H20N2O2S/c1-25-15-17-11-20(18-5-3-2-4-6-18)14-21(12-17)19-9-7-16(8-10-19)13-22-23(27)26-24(28)29-22/h2-14,25H,15H2,1H3,(H,26,27,28). The summed E-state index contributed by atoms with van der Waals surface area (Å²) in [5.74, 6) is -0.337. The minimum absolute atomic E-state index is 0.326. The molecular formula is C24H20N2O2S. The number of carbonyl (C=O) groups excluding carboxylic acids is 2. The zero-order chi connectivity index (χ0) is 20.2. The number of nitrogens with one attached hydrogen (secondary N) is 2. The van der Waals surface area contributed by atoms with Crippen molar-refractivity contribution < 1.29 is 9.59 Å². The van der Waals surface area contributed by atoms with Crippen molar-refractivity contribution in [2.24, 2.45) is 0 Å². The maximum absolute atomic E-state index is 11.7. The number of thioether (sulfide) groups is 1. The SMILES string of the molecule is CNCc1cc(-c2ccccc2)cc(-c2ccc(C=C3SC(=O)NC3=O)cc2)c1. The van der Waals surface area contributed by atoms with Crippen LogP contribution in [0.25, 0.3) is 28.3 Å². The summed E-state index contributed by atoms with van der Waals surface area (Å²) in [6.07, 6.45) is 1.74. The largest absolute Gasteiger partial charge is 0.316 e. The van der Waals surface area contributed by atoms with Crippen LogP contribution < -0.4 is 10.6 Å². The van der Waals surface area contributed by atoms with Crippen LogP contribution in [-0.2, 0) is 11.3 Å². The van der Waals surface area contributed by atoms with Crippen molar-refractivity contribution in [1.82, 2.24) is 10.6 Å². The Hall–Kier alpha value is -3.15. The van der Waals surface area contributed by atoms with E-state index >= 15 is 0 Å². The molecule has 0 radical (unpaired) electrons. The van der Waals surface area contributed by atoms with Crippen molar-refractivity contribution >= 4 is 29.0 Å². The third-order valence-corrected chi connectivity index (χ3v) is 5.48. The maximum atomic E-state index is 11.7. The van der Waals surface area contributed by atoms with E-state index < -0.39 is 0 Å². The Kier molecular flexibility index (Phi) is 5.60. The van der Waals surface area contributed by atoms with E-state index in [-0.39, 0.29) is 11.1 Å². The number of carbonyl (C=O) groups is 2. The third kappa shape index (κ3) is 4.47. The van der Waals surface area contributed by atoms with Gasteiger partial charge in [0, 0.05) is 6.54 Å². The zero-order valence-electron chi connectivity index (χ0n) is 15.9. The molecule has 2 N–H and O–H groups in total. The summed E-state index contributed by atoms with van der Waals surface area (Å²) in [4.78, 5) is 23.5. The summed E-state index contributed by atoms with van der Waals surface area (Å²) in [6.45, 7) is 0.790. The molecular weight excluding hydrogens is 380 g/mol. The minimum atomic E-state index is -0.337. The lowest BCUT2D eigenvalue weighted by atomic mass is 9.95. The molecule has 0 spiro atoms. The van der Waals surface area contributed by atoms with Crippen LogP contribution in [0.1, 0.15) is 11.1 Å². The van der Waals surface area contributed by atoms with Gasteiger partial charge >= 0.3 is 0 Å². The lowest BCUT2D eigenvalue weighted by Gasteiger charge is -2.11. The Morgan fingerprint density at radius 2 is 1.52 bits per heavy atom. The van der Waals surface area contributed by atoms with Gasteiger partial charge in [-0.1, -0.05) is 54.6 Å². The summed E-state index contributed by atoms with van der Waals surface area (Å²) in [5.41, 5.74) is 6.70. The Morgan fingerprint density at radius 1 is 0.862 bits per heavy atom. The van der Waals surface area contributed by atoms with Gasteiger partial charge in [-0.25, -0.2) is 0 Å². The van der Waals surface area contributed by atoms with Crippen LogP contribution in [0.4, 0.5) is 4.79 Å². The van der Waals surface area contributed by atoms with Crippen LogP contribution in [0.3, 0.4) is 0 Å². The summed E-state index contributed by atoms with van der Waals surface area (Å²) < 4.78 is 0. The van der Waals surface area contributed by atoms with Crippen LogP contribution in [0.2, 0.25) is 0 Å². The number of imide groups is 1. The van der Waals surface area contributed by atoms with Gasteiger partial charge in [-0.2, -0.15) is 0 Å². The van der Waals surface area contributed by atoms with E-state index in [4.69, 9.17) is 0 Å². The molecule has 0 aromatic heterocycles. The molecule has 1 heterocycles. The van der Waals surface area contributed by atoms with Gasteiger partial charge in [0.2, 0.25) is 0 Å². The fourth-order valence-electron chi connectivity index (χ4n) is 3.31. The zero-order valence-corrected chi connectivity index (χ0v) is 16.8. The van der Waals surface area contributed by atoms with E-state index in [9.17, 15) is 9.59 Å². The molecule has 1 aliphatic rings. The molecule has 0 atom stereocenters. The van der Waals surface area contributed by atoms with Gasteiger partial charge in [-0.05, 0) is 76.5 Å². The first-order valence-corrected chi connectivity index (χ1v) is 10.1. The van der Waals surface area contributed by atoms with Gasteiger partial charge < -0.3 is 5.32 Å². The van der Waals surface area contributed by atoms with Crippen molar-refractivity contribution in [2.75, 3.05) is 7.05 Å². The first kappa shape index (κ1) is 19.2. The minimum Gasteiger partial charge on any atom is -0.316 e. The average molecular weight is 401 g/mol. The number of rotatable bonds is 5. The van der Waals surface area contributed by atoms with Crippen molar-refractivity contribution in [3.8, 4) is 22.3 Å². The quantitative estimate of drug-likeness (QED) is 0.588. The van der Waals surface area contributed by atoms with Gasteiger partial charge in [-0.15, -0.1) is 0 Å². The molecule has 1 fully saturated rings. The molecule has 4 nitrogen and oxygen atoms in total. The number of hydrogen-bond acceptors (Lipinski definition) is 4. The van der Waals surface area contributed by atoms with Gasteiger partial charge in [0.1, 0.15) is 0 Å². The molecule has 1 saturated heterocycles. The van der Waals surface area contributed by atoms with E-state index in [0.717, 1.165) is 35.0 Å². The monoisotopic (exact) mass is 400 g/mol. The van der Waals surface area contributed by atoms with Crippen molar-refractivity contribution in [3.05, 3.63) is 88.8 Å². The number of amides is 2. The van der Waals surface area contributed by atoms with E-state index in [1.807, 2.05) is 49.5 Å². The summed E-state index contributed by atoms with van der Waals surface area (Å²) >= 11 is 0.931. The fraction of sp³-hybridized carbons (Fsp3) is 0.0833. The summed E-state index contributed by atoms with van der Waals surface area (Å²) in [6, 6.07) is 24.9. The molecule has 0 aliphatic carbocycles. The second kappa shape index (κ2) is 8.47. The van der Waals surface area contributed by atoms with E-state index in [1.165, 1.54) is 16.7 Å². The highest BCUT2D eigenvalue weighted by Crippen LogP contribution is 2.30. The van der Waals surface area contributed by atoms with E-state index in [1.54, 1.807) is 6.08 Å². The van der Waals surface area contributed by atoms with Gasteiger partial charge in [-0.3, -0.25) is 14.9 Å². The number of hydrogen-bond donors (Lipinski definition) is 2. The highest BCUT2D eigenvalue weighted by Gasteiger charge is 2.24. The molecule has 5 heteroatoms. The number of benzene rings is 3. The molecule has 3 aromatic rings. The molecule has 3 aromatic carbocycles. The molecule has 1 aliphatic heterocycles. The Balaban J connectivity index is 1.67. The first-order chi connectivity index (χ1) is 14.1. The normalized spacial score (nSPS) is 15.0. The lowest BCUT2D eigenvalue weighted by Crippen LogP contribution is -2.17. The molecule has 4 rings (SSSR count). The lowest BCUT2D eigenvalue weighted by molar-refractivity contribution is -0.115. The topological polar surface area (TPSA) is 58.2 Å². The second-order valence-corrected chi connectivity index (χ2v) is 7.80. The van der Waals surface area contributed by atoms with Gasteiger partial charge in [0.15, 0.2) is 0 Å². The van der Waals surface area contributed by atoms with Crippen LogP contribution in [0.5, 0.6) is 0 Å². The van der Waals surface area contributed by atoms with Crippen LogP contribution in [0, 0.1) is 0 Å². The fourth-order valence-corrected chi connectivity index (χ4v) is 3.99. The highest BCUT2D eigenvalue weighted by molar-refractivity contribution is 8.18. The maximum Gasteiger partial charge on any atom is 0.290 e. The predicted molar refractivity (Wildman–Crippen MR) is 119 cm³/mol. The third-order valence-electron chi connectivity index (χ3n) is 4.66. The molecule has 0 unspecified atom stereocenters. The van der Waals surface area contributed by atoms with Crippen molar-refractivity contribution in [1.29, 1.82) is 0 Å². The predicted octanol–water partition coefficient (Wildman–Crippen LogP) is 5.06. The smallest absolute Gasteiger partial charge is 0.290 e. The molecule has 144 valence electrons. The molecule has 0 saturated carbocycles. The second-order valence-electron chi connectivity index (χ2n) is 6.79. The Bertz CT molecular complexity index is 1090. The van der Waals surface area contributed by atoms with Crippen LogP contribution in [-0.4, -0.2) is 18.2 Å². The van der Waals surface area contributed by atoms with Gasteiger partial charge in [0.25, 0.3) is 11.1 Å². The first-order valence-electron chi connectivity index (χ1n) is 9.32. The Labute approximate surface area is 174 Å². The summed E-state index contributed by atoms with van der Waals surface area (Å²) in [5, 5.41) is 5.17. The highest BCUT2D eigenvalue weighted by atomic mass is 32.2. The average Bonchev–Trinajstić information content (AvgIpc) is 3.06. The van der Waals surface area contributed by atoms with Crippen molar-refractivity contribution in [2.45, 2.75) is 6.54 Å². The van der Waals surface area contributed by atoms with Crippen molar-refractivity contribution in [3.63, 3.8) is 0 Å². The molecule has 2 amide bonds. The van der Waals surface area contributed by atoms with E-state index in [0.29, 0.717) is 4.91 Å². The van der Waals surface area contributed by atoms with Gasteiger partial charge in [0.05, 0.1) is 4.91 Å². The Morgan fingerprint density at radius 3 is 2.10 bits per heavy atom. The van der Waals surface area contributed by atoms with Crippen LogP contribution in [0.15, 0.2) is 77.7 Å². The molecule has 29 heavy (non-hydrogen) atoms. The molecule has 0 bridgehead atoms. The van der Waals surface area contributed by atoms with Crippen LogP contribution >= 0.6 is 11.8 Å². The summed E-state index contributed by atoms with van der Waals surface area (Å²) in [7, 11) is 1.94.